The van der Waals surface area contributed by atoms with Crippen molar-refractivity contribution in [1.82, 2.24) is 0 Å². The zero-order valence-corrected chi connectivity index (χ0v) is 24.1. The molecule has 0 N–H and O–H groups in total. The van der Waals surface area contributed by atoms with Crippen LogP contribution in [-0.2, 0) is 33.2 Å². The van der Waals surface area contributed by atoms with Crippen molar-refractivity contribution in [3.05, 3.63) is 0 Å². The average Bonchev–Trinajstić information content (AvgIpc) is 2.76. The Bertz CT molecular complexity index is 770. The number of alkyl halides is 16. The molecule has 0 aromatic carbocycles. The van der Waals surface area contributed by atoms with E-state index in [0.29, 0.717) is 41.5 Å². The summed E-state index contributed by atoms with van der Waals surface area (Å²) in [6.07, 6.45) is -57.4. The van der Waals surface area contributed by atoms with Gasteiger partial charge in [-0.25, -0.2) is 0 Å². The summed E-state index contributed by atoms with van der Waals surface area (Å²) >= 11 is 0. The summed E-state index contributed by atoms with van der Waals surface area (Å²) < 4.78 is 267. The van der Waals surface area contributed by atoms with Crippen molar-refractivity contribution in [2.24, 2.45) is 10.8 Å². The van der Waals surface area contributed by atoms with Gasteiger partial charge in [0.1, 0.15) is 0 Å². The molecule has 0 aliphatic carbocycles. The van der Waals surface area contributed by atoms with Crippen LogP contribution in [0.5, 0.6) is 0 Å². The van der Waals surface area contributed by atoms with Crippen molar-refractivity contribution in [2.45, 2.75) is 90.4 Å². The lowest BCUT2D eigenvalue weighted by Gasteiger charge is -2.52. The molecular formula is C22H30F16O7. The lowest BCUT2D eigenvalue weighted by Crippen LogP contribution is -2.79. The van der Waals surface area contributed by atoms with E-state index in [0.717, 1.165) is 0 Å². The molecule has 0 amide bonds. The summed E-state index contributed by atoms with van der Waals surface area (Å²) in [5.41, 5.74) is -14.9. The molecule has 0 atom stereocenters. The number of hydrogen-bond donors (Lipinski definition) is 0. The number of halogens is 16. The maximum atomic E-state index is 15.7. The Kier molecular flexibility index (Phi) is 13.9. The van der Waals surface area contributed by atoms with Crippen molar-refractivity contribution in [1.29, 1.82) is 0 Å². The van der Waals surface area contributed by atoms with E-state index in [-0.39, 0.29) is 0 Å². The fourth-order valence-electron chi connectivity index (χ4n) is 4.08. The number of ether oxygens (including phenoxy) is 7. The number of rotatable bonds is 22. The van der Waals surface area contributed by atoms with Crippen molar-refractivity contribution in [2.75, 3.05) is 39.6 Å². The molecule has 0 radical (unpaired) electrons. The molecule has 0 unspecified atom stereocenters. The van der Waals surface area contributed by atoms with E-state index < -0.39 is 99.3 Å². The van der Waals surface area contributed by atoms with Crippen molar-refractivity contribution < 1.29 is 103 Å². The van der Waals surface area contributed by atoms with Gasteiger partial charge in [0.2, 0.25) is 0 Å². The lowest BCUT2D eigenvalue weighted by molar-refractivity contribution is -0.611. The van der Waals surface area contributed by atoms with Crippen LogP contribution in [0, 0.1) is 10.8 Å². The van der Waals surface area contributed by atoms with Crippen molar-refractivity contribution in [3.8, 4) is 0 Å². The Morgan fingerprint density at radius 1 is 0.267 bits per heavy atom. The molecule has 0 heterocycles. The zero-order chi connectivity index (χ0) is 36.2. The Balaban J connectivity index is 8.56. The van der Waals surface area contributed by atoms with Gasteiger partial charge in [0.15, 0.2) is 0 Å². The Morgan fingerprint density at radius 3 is 0.511 bits per heavy atom. The molecule has 0 saturated heterocycles. The summed E-state index contributed by atoms with van der Waals surface area (Å²) in [4.78, 5) is 0. The second-order valence-electron chi connectivity index (χ2n) is 8.33. The van der Waals surface area contributed by atoms with E-state index >= 15 is 70.2 Å². The molecule has 272 valence electrons. The topological polar surface area (TPSA) is 64.6 Å². The van der Waals surface area contributed by atoms with Crippen LogP contribution in [0.3, 0.4) is 0 Å². The zero-order valence-electron chi connectivity index (χ0n) is 24.1. The molecule has 45 heavy (non-hydrogen) atoms. The summed E-state index contributed by atoms with van der Waals surface area (Å²) in [5.74, 6) is 0. The van der Waals surface area contributed by atoms with E-state index in [1.54, 1.807) is 0 Å². The fraction of sp³-hybridized carbons (Fsp3) is 1.00. The van der Waals surface area contributed by atoms with Gasteiger partial charge in [-0.2, -0.15) is 70.2 Å². The first-order chi connectivity index (χ1) is 20.1. The highest BCUT2D eigenvalue weighted by molar-refractivity contribution is 5.11. The van der Waals surface area contributed by atoms with Gasteiger partial charge in [-0.1, -0.05) is 0 Å². The van der Waals surface area contributed by atoms with Crippen LogP contribution in [0.25, 0.3) is 0 Å². The molecular weight excluding hydrogens is 680 g/mol. The summed E-state index contributed by atoms with van der Waals surface area (Å²) in [5, 5.41) is 0. The minimum Gasteiger partial charge on any atom is -0.320 e. The lowest BCUT2D eigenvalue weighted by atomic mass is 9.78. The monoisotopic (exact) mass is 710 g/mol. The smallest absolute Gasteiger partial charge is 0.320 e. The van der Waals surface area contributed by atoms with Crippen molar-refractivity contribution in [3.63, 3.8) is 0 Å². The van der Waals surface area contributed by atoms with Crippen LogP contribution in [-0.4, -0.2) is 88.5 Å². The van der Waals surface area contributed by atoms with Gasteiger partial charge >= 0.3 is 59.7 Å². The highest BCUT2D eigenvalue weighted by atomic mass is 19.3. The van der Waals surface area contributed by atoms with Gasteiger partial charge < -0.3 is 28.4 Å². The molecule has 0 rings (SSSR count). The molecule has 0 aromatic rings. The average molecular weight is 710 g/mol. The second kappa shape index (κ2) is 14.4. The van der Waals surface area contributed by atoms with E-state index in [2.05, 4.69) is 33.2 Å². The Hall–Kier alpha value is -1.40. The van der Waals surface area contributed by atoms with Crippen LogP contribution in [0.4, 0.5) is 70.2 Å². The van der Waals surface area contributed by atoms with Crippen LogP contribution in [0.15, 0.2) is 0 Å². The summed E-state index contributed by atoms with van der Waals surface area (Å²) in [7, 11) is 0. The second-order valence-corrected chi connectivity index (χ2v) is 8.33. The highest BCUT2D eigenvalue weighted by Gasteiger charge is 2.99. The summed E-state index contributed by atoms with van der Waals surface area (Å²) in [6, 6.07) is 0. The van der Waals surface area contributed by atoms with E-state index in [1.807, 2.05) is 0 Å². The van der Waals surface area contributed by atoms with Gasteiger partial charge in [-0.15, -0.1) is 0 Å². The van der Waals surface area contributed by atoms with Crippen LogP contribution < -0.4 is 0 Å². The third-order valence-electron chi connectivity index (χ3n) is 5.70. The van der Waals surface area contributed by atoms with Crippen LogP contribution >= 0.6 is 0 Å². The SMILES string of the molecule is CCOC(F)(F)C(C(F)(F)OCC)(C(F)(F)OCC)C(F)(F)OC(F)(F)C(C(F)(F)OCC)(C(F)(F)OCC)C(F)(F)OCC. The minimum absolute atomic E-state index is 0.378. The first kappa shape index (κ1) is 43.6. The van der Waals surface area contributed by atoms with Gasteiger partial charge in [-0.05, 0) is 41.5 Å². The minimum atomic E-state index is -7.94. The predicted octanol–water partition coefficient (Wildman–Crippen LogP) is 7.94. The molecule has 23 heteroatoms. The molecule has 0 aliphatic rings. The molecule has 0 saturated carbocycles. The van der Waals surface area contributed by atoms with Crippen LogP contribution in [0.2, 0.25) is 0 Å². The quantitative estimate of drug-likeness (QED) is 0.106. The van der Waals surface area contributed by atoms with Crippen LogP contribution in [0.1, 0.15) is 41.5 Å². The van der Waals surface area contributed by atoms with E-state index in [4.69, 9.17) is 0 Å². The molecule has 0 aromatic heterocycles. The first-order valence-electron chi connectivity index (χ1n) is 12.6. The van der Waals surface area contributed by atoms with E-state index in [9.17, 15) is 0 Å². The number of hydrogen-bond acceptors (Lipinski definition) is 7. The molecule has 0 fully saturated rings. The fourth-order valence-corrected chi connectivity index (χ4v) is 4.08. The third kappa shape index (κ3) is 6.94. The normalized spacial score (nSPS) is 15.6. The molecule has 7 nitrogen and oxygen atoms in total. The van der Waals surface area contributed by atoms with Gasteiger partial charge in [0, 0.05) is 0 Å². The summed E-state index contributed by atoms with van der Waals surface area (Å²) in [6.45, 7) is -8.38. The third-order valence-corrected chi connectivity index (χ3v) is 5.70. The Morgan fingerprint density at radius 2 is 0.400 bits per heavy atom. The van der Waals surface area contributed by atoms with Gasteiger partial charge in [0.25, 0.3) is 0 Å². The maximum absolute atomic E-state index is 15.7. The first-order valence-corrected chi connectivity index (χ1v) is 12.6. The molecule has 0 bridgehead atoms. The maximum Gasteiger partial charge on any atom is 0.391 e. The predicted molar refractivity (Wildman–Crippen MR) is 115 cm³/mol. The standard InChI is InChI=1S/C22H30F16O7/c1-7-39-15(23,24)13(16(25,26)40-8-2,17(27,28)41-9-3)21(35,36)45-22(37,38)14(18(29,30)42-10-4,19(31,32)43-11-5)20(33,34)44-12-6/h7-12H2,1-6H3. The molecule has 0 aliphatic heterocycles. The van der Waals surface area contributed by atoms with E-state index in [1.165, 1.54) is 0 Å². The van der Waals surface area contributed by atoms with Gasteiger partial charge in [-0.3, -0.25) is 4.74 Å². The van der Waals surface area contributed by atoms with Crippen molar-refractivity contribution >= 4 is 0 Å². The molecule has 0 spiro atoms. The largest absolute Gasteiger partial charge is 0.391 e. The highest BCUT2D eigenvalue weighted by Crippen LogP contribution is 2.71. The van der Waals surface area contributed by atoms with Gasteiger partial charge in [0.05, 0.1) is 39.6 Å². The Labute approximate surface area is 245 Å².